The second kappa shape index (κ2) is 11.8. The Labute approximate surface area is 332 Å². The van der Waals surface area contributed by atoms with Crippen molar-refractivity contribution >= 4 is 87.4 Å². The van der Waals surface area contributed by atoms with E-state index in [2.05, 4.69) is 214 Å². The molecule has 0 spiro atoms. The molecule has 13 aromatic rings. The molecule has 0 aliphatic carbocycles. The van der Waals surface area contributed by atoms with Gasteiger partial charge in [-0.1, -0.05) is 133 Å². The van der Waals surface area contributed by atoms with Crippen LogP contribution in [0.1, 0.15) is 0 Å². The summed E-state index contributed by atoms with van der Waals surface area (Å²) in [6, 6.07) is 72.3. The second-order valence-electron chi connectivity index (χ2n) is 15.3. The molecule has 0 fully saturated rings. The van der Waals surface area contributed by atoms with Crippen LogP contribution in [0.3, 0.4) is 0 Å². The molecule has 0 aliphatic heterocycles. The summed E-state index contributed by atoms with van der Waals surface area (Å²) >= 11 is 0. The van der Waals surface area contributed by atoms with E-state index in [0.717, 1.165) is 61.2 Å². The molecule has 4 nitrogen and oxygen atoms in total. The van der Waals surface area contributed by atoms with Crippen LogP contribution >= 0.6 is 0 Å². The molecule has 4 heterocycles. The lowest BCUT2D eigenvalue weighted by Crippen LogP contribution is -1.96. The van der Waals surface area contributed by atoms with Crippen molar-refractivity contribution in [2.45, 2.75) is 0 Å². The fourth-order valence-electron chi connectivity index (χ4n) is 9.75. The van der Waals surface area contributed by atoms with E-state index in [1.165, 1.54) is 54.4 Å². The average Bonchev–Trinajstić information content (AvgIpc) is 4.02. The first kappa shape index (κ1) is 31.4. The molecule has 270 valence electrons. The minimum absolute atomic E-state index is 0.883. The zero-order chi connectivity index (χ0) is 37.9. The van der Waals surface area contributed by atoms with Crippen LogP contribution < -0.4 is 0 Å². The number of aromatic nitrogens is 3. The molecule has 0 N–H and O–H groups in total. The Kier molecular flexibility index (Phi) is 6.41. The van der Waals surface area contributed by atoms with Crippen LogP contribution in [0, 0.1) is 0 Å². The number of fused-ring (bicyclic) bond motifs is 12. The van der Waals surface area contributed by atoms with Gasteiger partial charge in [0, 0.05) is 60.0 Å². The summed E-state index contributed by atoms with van der Waals surface area (Å²) in [5.74, 6) is 0. The maximum atomic E-state index is 6.98. The first-order chi connectivity index (χ1) is 28.8. The lowest BCUT2D eigenvalue weighted by Gasteiger charge is -2.11. The summed E-state index contributed by atoms with van der Waals surface area (Å²) in [4.78, 5) is 0. The van der Waals surface area contributed by atoms with E-state index in [4.69, 9.17) is 4.42 Å². The fourth-order valence-corrected chi connectivity index (χ4v) is 9.75. The molecule has 0 amide bonds. The van der Waals surface area contributed by atoms with Crippen LogP contribution in [0.25, 0.3) is 116 Å². The molecule has 9 aromatic carbocycles. The van der Waals surface area contributed by atoms with Gasteiger partial charge in [0.2, 0.25) is 0 Å². The molecular formula is C54H33N3O. The third-order valence-electron chi connectivity index (χ3n) is 12.2. The molecule has 4 heteroatoms. The van der Waals surface area contributed by atoms with Gasteiger partial charge in [-0.15, -0.1) is 0 Å². The Balaban J connectivity index is 1.09. The zero-order valence-corrected chi connectivity index (χ0v) is 31.3. The van der Waals surface area contributed by atoms with Crippen molar-refractivity contribution < 1.29 is 4.42 Å². The Bertz CT molecular complexity index is 3790. The Morgan fingerprint density at radius 1 is 0.276 bits per heavy atom. The molecular weight excluding hydrogens is 707 g/mol. The first-order valence-corrected chi connectivity index (χ1v) is 19.9. The van der Waals surface area contributed by atoms with Crippen molar-refractivity contribution in [1.29, 1.82) is 0 Å². The zero-order valence-electron chi connectivity index (χ0n) is 31.3. The Morgan fingerprint density at radius 3 is 1.43 bits per heavy atom. The van der Waals surface area contributed by atoms with Crippen molar-refractivity contribution in [2.24, 2.45) is 0 Å². The number of hydrogen-bond donors (Lipinski definition) is 0. The summed E-state index contributed by atoms with van der Waals surface area (Å²) in [5.41, 5.74) is 14.4. The van der Waals surface area contributed by atoms with E-state index in [1.807, 2.05) is 0 Å². The van der Waals surface area contributed by atoms with Gasteiger partial charge in [-0.25, -0.2) is 0 Å². The maximum absolute atomic E-state index is 6.98. The highest BCUT2D eigenvalue weighted by Gasteiger charge is 2.22. The number of furan rings is 1. The van der Waals surface area contributed by atoms with E-state index < -0.39 is 0 Å². The van der Waals surface area contributed by atoms with Crippen molar-refractivity contribution in [3.8, 4) is 28.2 Å². The molecule has 0 saturated carbocycles. The minimum Gasteiger partial charge on any atom is -0.453 e. The van der Waals surface area contributed by atoms with Gasteiger partial charge in [0.05, 0.1) is 38.8 Å². The van der Waals surface area contributed by atoms with Gasteiger partial charge in [-0.2, -0.15) is 0 Å². The number of hydrogen-bond acceptors (Lipinski definition) is 1. The molecule has 58 heavy (non-hydrogen) atoms. The van der Waals surface area contributed by atoms with Crippen molar-refractivity contribution in [2.75, 3.05) is 0 Å². The Morgan fingerprint density at radius 2 is 0.759 bits per heavy atom. The van der Waals surface area contributed by atoms with Gasteiger partial charge in [0.15, 0.2) is 5.58 Å². The highest BCUT2D eigenvalue weighted by molar-refractivity contribution is 6.20. The summed E-state index contributed by atoms with van der Waals surface area (Å²) in [5, 5.41) is 9.54. The van der Waals surface area contributed by atoms with E-state index >= 15 is 0 Å². The molecule has 0 aliphatic rings. The van der Waals surface area contributed by atoms with Crippen LogP contribution in [0.4, 0.5) is 0 Å². The smallest absolute Gasteiger partial charge is 0.159 e. The molecule has 0 bridgehead atoms. The highest BCUT2D eigenvalue weighted by atomic mass is 16.3. The van der Waals surface area contributed by atoms with Gasteiger partial charge >= 0.3 is 0 Å². The molecule has 13 rings (SSSR count). The van der Waals surface area contributed by atoms with Crippen LogP contribution in [-0.2, 0) is 0 Å². The molecule has 4 aromatic heterocycles. The first-order valence-electron chi connectivity index (χ1n) is 19.9. The predicted molar refractivity (Wildman–Crippen MR) is 242 cm³/mol. The monoisotopic (exact) mass is 739 g/mol. The van der Waals surface area contributed by atoms with Gasteiger partial charge in [-0.3, -0.25) is 0 Å². The van der Waals surface area contributed by atoms with E-state index in [-0.39, 0.29) is 0 Å². The molecule has 0 saturated heterocycles. The average molecular weight is 740 g/mol. The van der Waals surface area contributed by atoms with Gasteiger partial charge in [0.1, 0.15) is 5.58 Å². The van der Waals surface area contributed by atoms with E-state index in [0.29, 0.717) is 0 Å². The van der Waals surface area contributed by atoms with Gasteiger partial charge in [0.25, 0.3) is 0 Å². The summed E-state index contributed by atoms with van der Waals surface area (Å²) < 4.78 is 14.2. The van der Waals surface area contributed by atoms with E-state index in [9.17, 15) is 0 Å². The van der Waals surface area contributed by atoms with Gasteiger partial charge in [-0.05, 0) is 72.3 Å². The lowest BCUT2D eigenvalue weighted by molar-refractivity contribution is 0.667. The second-order valence-corrected chi connectivity index (χ2v) is 15.3. The largest absolute Gasteiger partial charge is 0.453 e. The Hall–Kier alpha value is -7.82. The third kappa shape index (κ3) is 4.29. The van der Waals surface area contributed by atoms with Crippen LogP contribution in [0.2, 0.25) is 0 Å². The number of para-hydroxylation sites is 6. The SMILES string of the molecule is c1ccc(-c2cccc3c2oc2c(-n4c5ccccc5c5cc6c(cc54)c4ccccc4n6-c4ccc5c(c4)c4ccccc4n5-c4ccccc4)cccc23)cc1. The third-order valence-corrected chi connectivity index (χ3v) is 12.2. The van der Waals surface area contributed by atoms with Crippen LogP contribution in [0.5, 0.6) is 0 Å². The topological polar surface area (TPSA) is 27.9 Å². The standard InChI is InChI=1S/C54H33N3O/c1-3-15-34(16-4-1)37-22-13-23-41-42-24-14-28-50(54(42)58-53(37)41)57-48-27-12-9-21-40(48)45-32-51-44(33-52(45)57)39-20-8-11-26-47(39)56(51)36-29-30-49-43(31-36)38-19-7-10-25-46(38)55(49)35-17-5-2-6-18-35/h1-33H. The summed E-state index contributed by atoms with van der Waals surface area (Å²) in [6.45, 7) is 0. The number of benzene rings is 9. The highest BCUT2D eigenvalue weighted by Crippen LogP contribution is 2.44. The van der Waals surface area contributed by atoms with Crippen molar-refractivity contribution in [1.82, 2.24) is 13.7 Å². The molecule has 0 atom stereocenters. The van der Waals surface area contributed by atoms with E-state index in [1.54, 1.807) is 0 Å². The van der Waals surface area contributed by atoms with Crippen LogP contribution in [0.15, 0.2) is 205 Å². The number of nitrogens with zero attached hydrogens (tertiary/aromatic N) is 3. The fraction of sp³-hybridized carbons (Fsp3) is 0. The lowest BCUT2D eigenvalue weighted by atomic mass is 10.0. The summed E-state index contributed by atoms with van der Waals surface area (Å²) in [6.07, 6.45) is 0. The number of rotatable bonds is 4. The predicted octanol–water partition coefficient (Wildman–Crippen LogP) is 14.5. The van der Waals surface area contributed by atoms with Crippen molar-refractivity contribution in [3.05, 3.63) is 200 Å². The quantitative estimate of drug-likeness (QED) is 0.177. The summed E-state index contributed by atoms with van der Waals surface area (Å²) in [7, 11) is 0. The van der Waals surface area contributed by atoms with Crippen molar-refractivity contribution in [3.63, 3.8) is 0 Å². The maximum Gasteiger partial charge on any atom is 0.159 e. The molecule has 0 radical (unpaired) electrons. The molecule has 0 unspecified atom stereocenters. The normalized spacial score (nSPS) is 12.1. The van der Waals surface area contributed by atoms with Gasteiger partial charge < -0.3 is 18.1 Å². The van der Waals surface area contributed by atoms with Crippen LogP contribution in [-0.4, -0.2) is 13.7 Å². The minimum atomic E-state index is 0.883.